The molecule has 0 aliphatic carbocycles. The Labute approximate surface area is 103 Å². The number of hydrogen-bond acceptors (Lipinski definition) is 8. The van der Waals surface area contributed by atoms with Gasteiger partial charge in [-0.1, -0.05) is 0 Å². The normalized spacial score (nSPS) is 10.3. The lowest BCUT2D eigenvalue weighted by Crippen LogP contribution is -2.17. The molecule has 0 aromatic carbocycles. The van der Waals surface area contributed by atoms with E-state index >= 15 is 0 Å². The van der Waals surface area contributed by atoms with Crippen LogP contribution in [-0.2, 0) is 4.74 Å². The van der Waals surface area contributed by atoms with E-state index in [1.807, 2.05) is 0 Å². The molecule has 0 aliphatic rings. The minimum atomic E-state index is 0.260. The summed E-state index contributed by atoms with van der Waals surface area (Å²) in [4.78, 5) is 12.4. The van der Waals surface area contributed by atoms with Crippen molar-refractivity contribution in [3.8, 4) is 5.95 Å². The van der Waals surface area contributed by atoms with E-state index in [4.69, 9.17) is 10.6 Å². The maximum atomic E-state index is 5.31. The van der Waals surface area contributed by atoms with Gasteiger partial charge in [0.05, 0.1) is 6.61 Å². The predicted octanol–water partition coefficient (Wildman–Crippen LogP) is -0.599. The summed E-state index contributed by atoms with van der Waals surface area (Å²) in [5, 5.41) is 7.04. The lowest BCUT2D eigenvalue weighted by Gasteiger charge is -2.07. The van der Waals surface area contributed by atoms with Gasteiger partial charge in [-0.25, -0.2) is 10.5 Å². The van der Waals surface area contributed by atoms with Gasteiger partial charge in [0.25, 0.3) is 5.95 Å². The summed E-state index contributed by atoms with van der Waals surface area (Å²) < 4.78 is 6.45. The van der Waals surface area contributed by atoms with E-state index in [1.165, 1.54) is 4.68 Å². The standard InChI is InChI=1S/C9H14N8O/c1-18-6-4-11-7-13-8(16-10)15-9(14-7)17-5-2-3-12-17/h2-3,5H,4,6,10H2,1H3,(H2,11,13,14,15,16). The first-order chi connectivity index (χ1) is 8.83. The summed E-state index contributed by atoms with van der Waals surface area (Å²) in [5.74, 6) is 6.35. The molecule has 9 heteroatoms. The van der Waals surface area contributed by atoms with Crippen molar-refractivity contribution in [1.29, 1.82) is 0 Å². The minimum absolute atomic E-state index is 0.260. The summed E-state index contributed by atoms with van der Waals surface area (Å²) in [5.41, 5.74) is 2.39. The van der Waals surface area contributed by atoms with Gasteiger partial charge < -0.3 is 10.1 Å². The second-order valence-electron chi connectivity index (χ2n) is 3.30. The molecule has 96 valence electrons. The number of nitrogens with zero attached hydrogens (tertiary/aromatic N) is 5. The first-order valence-corrected chi connectivity index (χ1v) is 5.29. The molecule has 0 atom stereocenters. The molecule has 0 aliphatic heterocycles. The monoisotopic (exact) mass is 250 g/mol. The molecular formula is C9H14N8O. The van der Waals surface area contributed by atoms with Crippen molar-refractivity contribution < 1.29 is 4.74 Å². The van der Waals surface area contributed by atoms with Gasteiger partial charge in [-0.05, 0) is 6.07 Å². The van der Waals surface area contributed by atoms with Crippen LogP contribution < -0.4 is 16.6 Å². The highest BCUT2D eigenvalue weighted by Crippen LogP contribution is 2.07. The fourth-order valence-corrected chi connectivity index (χ4v) is 1.26. The van der Waals surface area contributed by atoms with E-state index in [0.29, 0.717) is 25.0 Å². The molecular weight excluding hydrogens is 236 g/mol. The first kappa shape index (κ1) is 12.2. The maximum absolute atomic E-state index is 5.31. The van der Waals surface area contributed by atoms with Crippen molar-refractivity contribution in [3.05, 3.63) is 18.5 Å². The molecule has 18 heavy (non-hydrogen) atoms. The molecule has 0 unspecified atom stereocenters. The van der Waals surface area contributed by atoms with Crippen LogP contribution in [0, 0.1) is 0 Å². The Kier molecular flexibility index (Phi) is 3.99. The van der Waals surface area contributed by atoms with Gasteiger partial charge in [0.2, 0.25) is 11.9 Å². The molecule has 2 heterocycles. The zero-order chi connectivity index (χ0) is 12.8. The van der Waals surface area contributed by atoms with Gasteiger partial charge in [-0.2, -0.15) is 20.1 Å². The number of nitrogen functional groups attached to an aromatic ring is 1. The van der Waals surface area contributed by atoms with Crippen LogP contribution in [-0.4, -0.2) is 45.0 Å². The number of anilines is 2. The molecule has 4 N–H and O–H groups in total. The molecule has 0 spiro atoms. The quantitative estimate of drug-likeness (QED) is 0.353. The summed E-state index contributed by atoms with van der Waals surface area (Å²) >= 11 is 0. The fraction of sp³-hybridized carbons (Fsp3) is 0.333. The van der Waals surface area contributed by atoms with E-state index in [9.17, 15) is 0 Å². The van der Waals surface area contributed by atoms with Crippen LogP contribution >= 0.6 is 0 Å². The van der Waals surface area contributed by atoms with E-state index in [2.05, 4.69) is 30.8 Å². The van der Waals surface area contributed by atoms with Crippen molar-refractivity contribution >= 4 is 11.9 Å². The molecule has 0 radical (unpaired) electrons. The molecule has 0 amide bonds. The number of rotatable bonds is 6. The van der Waals surface area contributed by atoms with Gasteiger partial charge in [0.15, 0.2) is 0 Å². The lowest BCUT2D eigenvalue weighted by molar-refractivity contribution is 0.210. The van der Waals surface area contributed by atoms with E-state index in [1.54, 1.807) is 25.6 Å². The Morgan fingerprint density at radius 3 is 2.83 bits per heavy atom. The zero-order valence-corrected chi connectivity index (χ0v) is 9.87. The predicted molar refractivity (Wildman–Crippen MR) is 65.1 cm³/mol. The van der Waals surface area contributed by atoms with Crippen LogP contribution in [0.1, 0.15) is 0 Å². The minimum Gasteiger partial charge on any atom is -0.383 e. The van der Waals surface area contributed by atoms with Crippen LogP contribution in [0.4, 0.5) is 11.9 Å². The Bertz CT molecular complexity index is 485. The second-order valence-corrected chi connectivity index (χ2v) is 3.30. The molecule has 0 saturated carbocycles. The molecule has 0 fully saturated rings. The Morgan fingerprint density at radius 2 is 2.17 bits per heavy atom. The number of methoxy groups -OCH3 is 1. The average molecular weight is 250 g/mol. The largest absolute Gasteiger partial charge is 0.383 e. The van der Waals surface area contributed by atoms with Crippen molar-refractivity contribution in [2.75, 3.05) is 31.0 Å². The van der Waals surface area contributed by atoms with Crippen LogP contribution in [0.15, 0.2) is 18.5 Å². The van der Waals surface area contributed by atoms with Gasteiger partial charge in [-0.15, -0.1) is 0 Å². The fourth-order valence-electron chi connectivity index (χ4n) is 1.26. The number of ether oxygens (including phenoxy) is 1. The smallest absolute Gasteiger partial charge is 0.257 e. The topological polar surface area (TPSA) is 116 Å². The molecule has 9 nitrogen and oxygen atoms in total. The second kappa shape index (κ2) is 5.89. The third kappa shape index (κ3) is 2.90. The maximum Gasteiger partial charge on any atom is 0.257 e. The molecule has 2 aromatic rings. The van der Waals surface area contributed by atoms with Crippen molar-refractivity contribution in [2.24, 2.45) is 5.84 Å². The van der Waals surface area contributed by atoms with Crippen LogP contribution in [0.25, 0.3) is 5.95 Å². The molecule has 2 rings (SSSR count). The summed E-state index contributed by atoms with van der Waals surface area (Å²) in [7, 11) is 1.62. The van der Waals surface area contributed by atoms with Crippen LogP contribution in [0.2, 0.25) is 0 Å². The number of nitrogens with one attached hydrogen (secondary N) is 2. The number of hydrogen-bond donors (Lipinski definition) is 3. The van der Waals surface area contributed by atoms with Gasteiger partial charge in [0.1, 0.15) is 0 Å². The zero-order valence-electron chi connectivity index (χ0n) is 9.87. The molecule has 0 bridgehead atoms. The SMILES string of the molecule is COCCNc1nc(NN)nc(-n2cccn2)n1. The number of aromatic nitrogens is 5. The molecule has 2 aromatic heterocycles. The summed E-state index contributed by atoms with van der Waals surface area (Å²) in [6.45, 7) is 1.14. The van der Waals surface area contributed by atoms with Gasteiger partial charge in [0, 0.05) is 26.0 Å². The Morgan fingerprint density at radius 1 is 1.33 bits per heavy atom. The average Bonchev–Trinajstić information content (AvgIpc) is 2.92. The van der Waals surface area contributed by atoms with Crippen molar-refractivity contribution in [1.82, 2.24) is 24.7 Å². The third-order valence-corrected chi connectivity index (χ3v) is 2.05. The van der Waals surface area contributed by atoms with Crippen LogP contribution in [0.3, 0.4) is 0 Å². The highest BCUT2D eigenvalue weighted by Gasteiger charge is 2.07. The van der Waals surface area contributed by atoms with Crippen molar-refractivity contribution in [3.63, 3.8) is 0 Å². The Balaban J connectivity index is 2.22. The lowest BCUT2D eigenvalue weighted by atomic mass is 10.6. The number of nitrogens with two attached hydrogens (primary N) is 1. The third-order valence-electron chi connectivity index (χ3n) is 2.05. The summed E-state index contributed by atoms with van der Waals surface area (Å²) in [6, 6.07) is 1.78. The molecule has 0 saturated heterocycles. The van der Waals surface area contributed by atoms with Crippen molar-refractivity contribution in [2.45, 2.75) is 0 Å². The highest BCUT2D eigenvalue weighted by atomic mass is 16.5. The summed E-state index contributed by atoms with van der Waals surface area (Å²) in [6.07, 6.45) is 3.37. The van der Waals surface area contributed by atoms with Crippen LogP contribution in [0.5, 0.6) is 0 Å². The van der Waals surface area contributed by atoms with E-state index < -0.39 is 0 Å². The Hall–Kier alpha value is -2.26. The number of hydrazine groups is 1. The van der Waals surface area contributed by atoms with Gasteiger partial charge >= 0.3 is 0 Å². The first-order valence-electron chi connectivity index (χ1n) is 5.29. The van der Waals surface area contributed by atoms with E-state index in [0.717, 1.165) is 0 Å². The van der Waals surface area contributed by atoms with E-state index in [-0.39, 0.29) is 5.95 Å². The van der Waals surface area contributed by atoms with Gasteiger partial charge in [-0.3, -0.25) is 5.43 Å². The highest BCUT2D eigenvalue weighted by molar-refractivity contribution is 5.36.